The van der Waals surface area contributed by atoms with Gasteiger partial charge in [-0.2, -0.15) is 5.26 Å². The van der Waals surface area contributed by atoms with Crippen LogP contribution in [-0.2, 0) is 16.1 Å². The molecule has 0 radical (unpaired) electrons. The molecule has 3 rings (SSSR count). The van der Waals surface area contributed by atoms with Crippen molar-refractivity contribution in [2.45, 2.75) is 32.5 Å². The minimum atomic E-state index is -0.793. The van der Waals surface area contributed by atoms with E-state index in [0.29, 0.717) is 41.8 Å². The van der Waals surface area contributed by atoms with E-state index >= 15 is 0 Å². The van der Waals surface area contributed by atoms with Gasteiger partial charge in [-0.25, -0.2) is 4.39 Å². The van der Waals surface area contributed by atoms with Crippen molar-refractivity contribution in [3.63, 3.8) is 0 Å². The Bertz CT molecular complexity index is 1410. The van der Waals surface area contributed by atoms with Crippen molar-refractivity contribution in [1.82, 2.24) is 14.8 Å². The van der Waals surface area contributed by atoms with Crippen molar-refractivity contribution in [2.75, 3.05) is 43.4 Å². The number of nitriles is 1. The van der Waals surface area contributed by atoms with Crippen LogP contribution in [0, 0.1) is 23.7 Å². The van der Waals surface area contributed by atoms with Crippen LogP contribution >= 0.6 is 11.3 Å². The van der Waals surface area contributed by atoms with Gasteiger partial charge in [0.15, 0.2) is 5.57 Å². The molecular formula is C26H29FN6O3S. The van der Waals surface area contributed by atoms with E-state index in [2.05, 4.69) is 16.6 Å². The number of aromatic nitrogens is 1. The van der Waals surface area contributed by atoms with Gasteiger partial charge in [-0.1, -0.05) is 12.0 Å². The molecule has 0 unspecified atom stereocenters. The van der Waals surface area contributed by atoms with Crippen LogP contribution in [0.25, 0.3) is 11.8 Å². The molecule has 9 nitrogen and oxygen atoms in total. The largest absolute Gasteiger partial charge is 0.360 e. The second-order valence-electron chi connectivity index (χ2n) is 8.44. The van der Waals surface area contributed by atoms with Crippen molar-refractivity contribution in [3.05, 3.63) is 43.8 Å². The van der Waals surface area contributed by atoms with Gasteiger partial charge in [0, 0.05) is 44.3 Å². The minimum absolute atomic E-state index is 0.0321. The third-order valence-electron chi connectivity index (χ3n) is 5.98. The Morgan fingerprint density at radius 2 is 2.08 bits per heavy atom. The Hall–Kier alpha value is -3.93. The zero-order valence-corrected chi connectivity index (χ0v) is 21.6. The maximum atomic E-state index is 13.4. The van der Waals surface area contributed by atoms with Crippen LogP contribution in [0.4, 0.5) is 15.8 Å². The molecule has 2 amide bonds. The second-order valence-corrected chi connectivity index (χ2v) is 9.47. The number of hydrogen-bond acceptors (Lipinski definition) is 7. The molecule has 2 N–H and O–H groups in total. The number of amides is 2. The lowest BCUT2D eigenvalue weighted by Gasteiger charge is -2.29. The topological polar surface area (TPSA) is 110 Å². The average molecular weight is 525 g/mol. The number of thiazole rings is 1. The first-order chi connectivity index (χ1) is 17.8. The summed E-state index contributed by atoms with van der Waals surface area (Å²) in [6.45, 7) is 3.33. The third-order valence-corrected chi connectivity index (χ3v) is 7.11. The maximum absolute atomic E-state index is 13.4. The normalized spacial score (nSPS) is 15.4. The summed E-state index contributed by atoms with van der Waals surface area (Å²) in [5.41, 5.74) is 0.778. The van der Waals surface area contributed by atoms with Gasteiger partial charge in [0.2, 0.25) is 5.91 Å². The highest BCUT2D eigenvalue weighted by atomic mass is 32.1. The van der Waals surface area contributed by atoms with E-state index in [9.17, 15) is 24.0 Å². The Balaban J connectivity index is 1.82. The van der Waals surface area contributed by atoms with Crippen molar-refractivity contribution >= 4 is 46.3 Å². The molecule has 0 saturated carbocycles. The number of alkyl halides is 1. The highest BCUT2D eigenvalue weighted by Crippen LogP contribution is 2.19. The summed E-state index contributed by atoms with van der Waals surface area (Å²) in [4.78, 5) is 41.5. The Labute approximate surface area is 218 Å². The predicted molar refractivity (Wildman–Crippen MR) is 143 cm³/mol. The molecule has 0 spiro atoms. The summed E-state index contributed by atoms with van der Waals surface area (Å²) < 4.78 is 15.3. The van der Waals surface area contributed by atoms with Crippen LogP contribution in [0.15, 0.2) is 29.1 Å². The fraction of sp³-hybridized carbons (Fsp3) is 0.385. The number of anilines is 2. The van der Waals surface area contributed by atoms with E-state index in [1.165, 1.54) is 10.8 Å². The monoisotopic (exact) mass is 524 g/mol. The molecule has 2 heterocycles. The molecule has 0 bridgehead atoms. The first kappa shape index (κ1) is 27.7. The van der Waals surface area contributed by atoms with Crippen LogP contribution in [0.5, 0.6) is 0 Å². The fourth-order valence-electron chi connectivity index (χ4n) is 3.86. The third kappa shape index (κ3) is 6.85. The summed E-state index contributed by atoms with van der Waals surface area (Å²) in [5.74, 6) is 1.53. The molecule has 0 atom stereocenters. The lowest BCUT2D eigenvalue weighted by atomic mass is 10.1. The Kier molecular flexibility index (Phi) is 9.61. The number of rotatable bonds is 8. The van der Waals surface area contributed by atoms with Gasteiger partial charge in [0.1, 0.15) is 21.4 Å². The molecule has 11 heteroatoms. The minimum Gasteiger partial charge on any atom is -0.360 e. The molecular weight excluding hydrogens is 495 g/mol. The molecule has 194 valence electrons. The number of likely N-dealkylation sites (tertiary alicyclic amines) is 1. The van der Waals surface area contributed by atoms with Crippen LogP contribution in [-0.4, -0.2) is 60.7 Å². The first-order valence-electron chi connectivity index (χ1n) is 11.8. The van der Waals surface area contributed by atoms with E-state index in [1.807, 2.05) is 11.0 Å². The molecule has 1 fully saturated rings. The lowest BCUT2D eigenvalue weighted by Crippen LogP contribution is -2.42. The smallest absolute Gasteiger partial charge is 0.270 e. The molecule has 1 aliphatic rings. The van der Waals surface area contributed by atoms with Crippen LogP contribution in [0.2, 0.25) is 0 Å². The molecule has 37 heavy (non-hydrogen) atoms. The van der Waals surface area contributed by atoms with Crippen LogP contribution in [0.1, 0.15) is 19.8 Å². The van der Waals surface area contributed by atoms with Gasteiger partial charge in [0.25, 0.3) is 11.5 Å². The lowest BCUT2D eigenvalue weighted by molar-refractivity contribution is -0.120. The van der Waals surface area contributed by atoms with Gasteiger partial charge < -0.3 is 15.5 Å². The first-order valence-corrected chi connectivity index (χ1v) is 12.7. The predicted octanol–water partition coefficient (Wildman–Crippen LogP) is 0.600. The summed E-state index contributed by atoms with van der Waals surface area (Å²) in [5, 5.41) is 15.1. The van der Waals surface area contributed by atoms with Crippen molar-refractivity contribution in [1.29, 1.82) is 5.26 Å². The average Bonchev–Trinajstić information content (AvgIpc) is 3.22. The maximum Gasteiger partial charge on any atom is 0.270 e. The van der Waals surface area contributed by atoms with E-state index in [1.54, 1.807) is 43.1 Å². The zero-order chi connectivity index (χ0) is 26.9. The van der Waals surface area contributed by atoms with Gasteiger partial charge in [-0.05, 0) is 38.0 Å². The van der Waals surface area contributed by atoms with Gasteiger partial charge >= 0.3 is 0 Å². The summed E-state index contributed by atoms with van der Waals surface area (Å²) in [7, 11) is 1.68. The number of hydrogen-bond donors (Lipinski definition) is 2. The summed E-state index contributed by atoms with van der Waals surface area (Å²) in [6, 6.07) is 9.01. The van der Waals surface area contributed by atoms with E-state index in [4.69, 9.17) is 6.42 Å². The van der Waals surface area contributed by atoms with Crippen molar-refractivity contribution in [3.8, 4) is 18.4 Å². The number of likely N-dealkylation sites (N-methyl/N-ethyl adjacent to an activating group) is 1. The van der Waals surface area contributed by atoms with E-state index in [0.717, 1.165) is 11.3 Å². The van der Waals surface area contributed by atoms with E-state index in [-0.39, 0.29) is 41.3 Å². The quantitative estimate of drug-likeness (QED) is 0.490. The summed E-state index contributed by atoms with van der Waals surface area (Å²) >= 11 is 1.02. The fourth-order valence-corrected chi connectivity index (χ4v) is 4.95. The number of terminal acetylenes is 1. The Morgan fingerprint density at radius 1 is 1.35 bits per heavy atom. The number of nitrogens with zero attached hydrogens (tertiary/aromatic N) is 4. The Morgan fingerprint density at radius 3 is 2.73 bits per heavy atom. The number of nitrogens with one attached hydrogen (secondary N) is 2. The molecule has 1 aliphatic heterocycles. The highest BCUT2D eigenvalue weighted by molar-refractivity contribution is 7.07. The standard InChI is InChI=1S/C26H29FN6O3S/c1-4-11-29-24(35)21(15-28)26-33(5-2)25(36)22(37-26)16-30-19-7-6-8-20(14-19)31(3)23(34)17-32-12-9-18(27)10-13-32/h1,6-8,14,16,18,30H,5,9-13,17H2,2-3H3,(H,29,35)/b22-16+,26-21-. The van der Waals surface area contributed by atoms with Crippen LogP contribution < -0.4 is 30.3 Å². The highest BCUT2D eigenvalue weighted by Gasteiger charge is 2.22. The number of benzene rings is 1. The molecule has 2 aromatic rings. The van der Waals surface area contributed by atoms with Gasteiger partial charge in [-0.15, -0.1) is 17.8 Å². The van der Waals surface area contributed by atoms with Crippen molar-refractivity contribution in [2.24, 2.45) is 0 Å². The zero-order valence-electron chi connectivity index (χ0n) is 20.8. The second kappa shape index (κ2) is 12.9. The number of halogens is 1. The molecule has 1 saturated heterocycles. The molecule has 1 aromatic carbocycles. The van der Waals surface area contributed by atoms with E-state index < -0.39 is 12.1 Å². The molecule has 0 aliphatic carbocycles. The van der Waals surface area contributed by atoms with Crippen molar-refractivity contribution < 1.29 is 14.0 Å². The number of piperidine rings is 1. The van der Waals surface area contributed by atoms with Crippen LogP contribution in [0.3, 0.4) is 0 Å². The van der Waals surface area contributed by atoms with Gasteiger partial charge in [0.05, 0.1) is 13.1 Å². The van der Waals surface area contributed by atoms with Gasteiger partial charge in [-0.3, -0.25) is 23.9 Å². The number of carbonyl (C=O) groups is 2. The summed E-state index contributed by atoms with van der Waals surface area (Å²) in [6.07, 6.45) is 6.78. The SMILES string of the molecule is C#CCNC(=O)/C(C#N)=c1\s/c(=C/Nc2cccc(N(C)C(=O)CN3CCC(F)CC3)c2)c(=O)n1CC. The number of carbonyl (C=O) groups excluding carboxylic acids is 2. The molecule has 1 aromatic heterocycles.